The number of carboxylic acids is 1. The first-order valence-electron chi connectivity index (χ1n) is 9.31. The zero-order valence-electron chi connectivity index (χ0n) is 17.2. The molecule has 0 spiro atoms. The second kappa shape index (κ2) is 8.41. The number of rotatable bonds is 6. The van der Waals surface area contributed by atoms with E-state index in [1.807, 2.05) is 24.3 Å². The molecule has 7 nitrogen and oxygen atoms in total. The van der Waals surface area contributed by atoms with Crippen molar-refractivity contribution in [1.82, 2.24) is 0 Å². The molecule has 0 saturated heterocycles. The number of ether oxygens (including phenoxy) is 3. The summed E-state index contributed by atoms with van der Waals surface area (Å²) in [5, 5.41) is 10.6. The number of carbonyl (C=O) groups excluding carboxylic acids is 2. The Bertz CT molecular complexity index is 1030. The maximum atomic E-state index is 12.3. The number of carbonyl (C=O) groups is 2. The summed E-state index contributed by atoms with van der Waals surface area (Å²) in [4.78, 5) is 27.1. The third-order valence-electron chi connectivity index (χ3n) is 4.45. The minimum atomic E-state index is -1.34. The molecule has 0 aromatic heterocycles. The number of hydrogen-bond acceptors (Lipinski definition) is 7. The SMILES string of the molecule is COc1cc(/C=C2\N=C(c3ccc(C(C)(C)C)cc3)OC2=O)ccc1OCC(=O)[O-]. The summed E-state index contributed by atoms with van der Waals surface area (Å²) in [6, 6.07) is 12.5. The van der Waals surface area contributed by atoms with Gasteiger partial charge in [0.1, 0.15) is 6.61 Å². The van der Waals surface area contributed by atoms with Crippen molar-refractivity contribution < 1.29 is 28.9 Å². The third-order valence-corrected chi connectivity index (χ3v) is 4.45. The molecule has 0 fully saturated rings. The van der Waals surface area contributed by atoms with Crippen LogP contribution in [0.25, 0.3) is 6.08 Å². The first-order chi connectivity index (χ1) is 14.2. The van der Waals surface area contributed by atoms with Gasteiger partial charge in [0.25, 0.3) is 0 Å². The van der Waals surface area contributed by atoms with Crippen molar-refractivity contribution in [3.05, 3.63) is 64.9 Å². The second-order valence-electron chi connectivity index (χ2n) is 7.73. The molecule has 1 heterocycles. The van der Waals surface area contributed by atoms with Crippen molar-refractivity contribution in [3.8, 4) is 11.5 Å². The molecule has 0 saturated carbocycles. The van der Waals surface area contributed by atoms with E-state index in [1.54, 1.807) is 24.3 Å². The first kappa shape index (κ1) is 21.1. The molecular weight excluding hydrogens is 386 g/mol. The number of methoxy groups -OCH3 is 1. The van der Waals surface area contributed by atoms with Crippen LogP contribution in [0.2, 0.25) is 0 Å². The minimum absolute atomic E-state index is 0.0215. The molecule has 0 radical (unpaired) electrons. The fraction of sp³-hybridized carbons (Fsp3) is 0.261. The van der Waals surface area contributed by atoms with Crippen LogP contribution in [-0.2, 0) is 19.7 Å². The Morgan fingerprint density at radius 1 is 1.13 bits per heavy atom. The predicted octanol–water partition coefficient (Wildman–Crippen LogP) is 2.47. The summed E-state index contributed by atoms with van der Waals surface area (Å²) in [5.74, 6) is -1.08. The molecule has 30 heavy (non-hydrogen) atoms. The molecular formula is C23H22NO6-. The summed E-state index contributed by atoms with van der Waals surface area (Å²) >= 11 is 0. The topological polar surface area (TPSA) is 97.2 Å². The summed E-state index contributed by atoms with van der Waals surface area (Å²) in [6.07, 6.45) is 1.56. The van der Waals surface area contributed by atoms with Gasteiger partial charge in [-0.1, -0.05) is 39.0 Å². The average molecular weight is 408 g/mol. The van der Waals surface area contributed by atoms with Crippen LogP contribution in [0.3, 0.4) is 0 Å². The van der Waals surface area contributed by atoms with E-state index in [-0.39, 0.29) is 22.8 Å². The van der Waals surface area contributed by atoms with E-state index < -0.39 is 18.5 Å². The lowest BCUT2D eigenvalue weighted by Gasteiger charge is -2.18. The molecule has 0 unspecified atom stereocenters. The zero-order valence-corrected chi connectivity index (χ0v) is 17.2. The lowest BCUT2D eigenvalue weighted by atomic mass is 9.87. The number of benzene rings is 2. The van der Waals surface area contributed by atoms with Crippen LogP contribution in [0.4, 0.5) is 0 Å². The van der Waals surface area contributed by atoms with Gasteiger partial charge in [-0.3, -0.25) is 0 Å². The predicted molar refractivity (Wildman–Crippen MR) is 109 cm³/mol. The molecule has 2 aromatic rings. The summed E-state index contributed by atoms with van der Waals surface area (Å²) in [5.41, 5.74) is 2.67. The average Bonchev–Trinajstić information content (AvgIpc) is 3.06. The van der Waals surface area contributed by atoms with Crippen LogP contribution in [0.5, 0.6) is 11.5 Å². The van der Waals surface area contributed by atoms with E-state index >= 15 is 0 Å². The molecule has 2 aromatic carbocycles. The number of carboxylic acid groups (broad SMARTS) is 1. The highest BCUT2D eigenvalue weighted by Crippen LogP contribution is 2.30. The normalized spacial score (nSPS) is 15.0. The van der Waals surface area contributed by atoms with E-state index in [4.69, 9.17) is 14.2 Å². The summed E-state index contributed by atoms with van der Waals surface area (Å²) in [6.45, 7) is 5.78. The van der Waals surface area contributed by atoms with E-state index in [0.717, 1.165) is 0 Å². The van der Waals surface area contributed by atoms with Crippen molar-refractivity contribution in [3.63, 3.8) is 0 Å². The molecule has 156 valence electrons. The second-order valence-corrected chi connectivity index (χ2v) is 7.73. The Kier molecular flexibility index (Phi) is 5.91. The molecule has 0 atom stereocenters. The van der Waals surface area contributed by atoms with Gasteiger partial charge in [0.2, 0.25) is 5.90 Å². The quantitative estimate of drug-likeness (QED) is 0.538. The molecule has 1 aliphatic rings. The van der Waals surface area contributed by atoms with Crippen LogP contribution in [0, 0.1) is 0 Å². The largest absolute Gasteiger partial charge is 0.546 e. The maximum Gasteiger partial charge on any atom is 0.363 e. The van der Waals surface area contributed by atoms with Crippen molar-refractivity contribution in [1.29, 1.82) is 0 Å². The van der Waals surface area contributed by atoms with Gasteiger partial charge in [-0.15, -0.1) is 0 Å². The molecule has 0 bridgehead atoms. The monoisotopic (exact) mass is 408 g/mol. The summed E-state index contributed by atoms with van der Waals surface area (Å²) < 4.78 is 15.7. The van der Waals surface area contributed by atoms with Crippen molar-refractivity contribution in [2.24, 2.45) is 4.99 Å². The number of nitrogens with zero attached hydrogens (tertiary/aromatic N) is 1. The molecule has 0 aliphatic carbocycles. The van der Waals surface area contributed by atoms with Gasteiger partial charge in [0.15, 0.2) is 17.2 Å². The van der Waals surface area contributed by atoms with Crippen molar-refractivity contribution in [2.45, 2.75) is 26.2 Å². The van der Waals surface area contributed by atoms with Gasteiger partial charge in [0.05, 0.1) is 13.1 Å². The number of aliphatic carboxylic acids is 1. The maximum absolute atomic E-state index is 12.3. The first-order valence-corrected chi connectivity index (χ1v) is 9.31. The number of cyclic esters (lactones) is 1. The lowest BCUT2D eigenvalue weighted by Crippen LogP contribution is -2.29. The van der Waals surface area contributed by atoms with Gasteiger partial charge in [-0.05, 0) is 46.9 Å². The number of esters is 1. The van der Waals surface area contributed by atoms with Crippen LogP contribution in [-0.4, -0.2) is 31.6 Å². The van der Waals surface area contributed by atoms with E-state index in [0.29, 0.717) is 16.9 Å². The Balaban J connectivity index is 1.84. The Labute approximate surface area is 174 Å². The smallest absolute Gasteiger partial charge is 0.363 e. The fourth-order valence-corrected chi connectivity index (χ4v) is 2.83. The highest BCUT2D eigenvalue weighted by atomic mass is 16.6. The van der Waals surface area contributed by atoms with Crippen LogP contribution >= 0.6 is 0 Å². The molecule has 1 aliphatic heterocycles. The number of hydrogen-bond donors (Lipinski definition) is 0. The minimum Gasteiger partial charge on any atom is -0.546 e. The number of aliphatic imine (C=N–C) groups is 1. The molecule has 3 rings (SSSR count). The van der Waals surface area contributed by atoms with Crippen LogP contribution in [0.1, 0.15) is 37.5 Å². The third kappa shape index (κ3) is 4.86. The van der Waals surface area contributed by atoms with Gasteiger partial charge < -0.3 is 24.1 Å². The van der Waals surface area contributed by atoms with E-state index in [1.165, 1.54) is 12.7 Å². The highest BCUT2D eigenvalue weighted by Gasteiger charge is 2.25. The van der Waals surface area contributed by atoms with Gasteiger partial charge >= 0.3 is 5.97 Å². The lowest BCUT2D eigenvalue weighted by molar-refractivity contribution is -0.307. The summed E-state index contributed by atoms with van der Waals surface area (Å²) in [7, 11) is 1.43. The Morgan fingerprint density at radius 2 is 1.83 bits per heavy atom. The molecule has 0 N–H and O–H groups in total. The van der Waals surface area contributed by atoms with E-state index in [2.05, 4.69) is 25.8 Å². The Hall–Kier alpha value is -3.61. The molecule has 7 heteroatoms. The van der Waals surface area contributed by atoms with Crippen LogP contribution in [0.15, 0.2) is 53.2 Å². The van der Waals surface area contributed by atoms with Crippen LogP contribution < -0.4 is 14.6 Å². The Morgan fingerprint density at radius 3 is 2.43 bits per heavy atom. The fourth-order valence-electron chi connectivity index (χ4n) is 2.83. The van der Waals surface area contributed by atoms with Crippen molar-refractivity contribution in [2.75, 3.05) is 13.7 Å². The van der Waals surface area contributed by atoms with Gasteiger partial charge in [0, 0.05) is 5.56 Å². The van der Waals surface area contributed by atoms with E-state index in [9.17, 15) is 14.7 Å². The standard InChI is InChI=1S/C23H23NO6/c1-23(2,3)16-8-6-15(7-9-16)21-24-17(22(27)30-21)11-14-5-10-18(19(12-14)28-4)29-13-20(25)26/h5-12H,13H2,1-4H3,(H,25,26)/p-1/b17-11-. The highest BCUT2D eigenvalue weighted by molar-refractivity contribution is 6.12. The van der Waals surface area contributed by atoms with Crippen molar-refractivity contribution >= 4 is 23.9 Å². The molecule has 0 amide bonds. The van der Waals surface area contributed by atoms with Gasteiger partial charge in [-0.2, -0.15) is 0 Å². The van der Waals surface area contributed by atoms with Gasteiger partial charge in [-0.25, -0.2) is 9.79 Å². The zero-order chi connectivity index (χ0) is 21.9.